The molecule has 0 heteroatoms. The van der Waals surface area contributed by atoms with Crippen molar-refractivity contribution in [3.05, 3.63) is 162 Å². The maximum absolute atomic E-state index is 2.46. The molecule has 0 unspecified atom stereocenters. The van der Waals surface area contributed by atoms with Gasteiger partial charge in [0.15, 0.2) is 0 Å². The van der Waals surface area contributed by atoms with E-state index < -0.39 is 0 Å². The van der Waals surface area contributed by atoms with E-state index in [0.29, 0.717) is 5.92 Å². The van der Waals surface area contributed by atoms with E-state index in [1.54, 1.807) is 5.57 Å². The summed E-state index contributed by atoms with van der Waals surface area (Å²) in [5, 5.41) is 7.69. The zero-order valence-electron chi connectivity index (χ0n) is 26.8. The van der Waals surface area contributed by atoms with Crippen molar-refractivity contribution in [1.82, 2.24) is 0 Å². The van der Waals surface area contributed by atoms with Crippen LogP contribution in [0.2, 0.25) is 0 Å². The van der Waals surface area contributed by atoms with Gasteiger partial charge in [-0.1, -0.05) is 147 Å². The smallest absolute Gasteiger partial charge is 0.00262 e. The topological polar surface area (TPSA) is 0 Å². The monoisotopic (exact) mass is 590 g/mol. The Bertz CT molecular complexity index is 2290. The van der Waals surface area contributed by atoms with Crippen molar-refractivity contribution in [2.75, 3.05) is 0 Å². The van der Waals surface area contributed by atoms with Gasteiger partial charge in [0.05, 0.1) is 0 Å². The molecule has 0 heterocycles. The van der Waals surface area contributed by atoms with E-state index in [2.05, 4.69) is 166 Å². The molecule has 0 atom stereocenters. The Morgan fingerprint density at radius 3 is 1.74 bits per heavy atom. The molecule has 0 aliphatic heterocycles. The van der Waals surface area contributed by atoms with Crippen molar-refractivity contribution < 1.29 is 0 Å². The van der Waals surface area contributed by atoms with Crippen LogP contribution in [-0.4, -0.2) is 0 Å². The summed E-state index contributed by atoms with van der Waals surface area (Å²) < 4.78 is 0. The number of aryl methyl sites for hydroxylation is 1. The van der Waals surface area contributed by atoms with Gasteiger partial charge in [-0.25, -0.2) is 0 Å². The third-order valence-electron chi connectivity index (χ3n) is 9.89. The normalized spacial score (nSPS) is 13.4. The molecule has 0 aromatic heterocycles. The first-order chi connectivity index (χ1) is 22.6. The van der Waals surface area contributed by atoms with E-state index in [-0.39, 0.29) is 0 Å². The molecule has 8 rings (SSSR count). The summed E-state index contributed by atoms with van der Waals surface area (Å²) >= 11 is 0. The first-order valence-corrected chi connectivity index (χ1v) is 16.6. The summed E-state index contributed by atoms with van der Waals surface area (Å²) in [5.74, 6) is 0.536. The standard InChI is InChI=1S/C46H38/c1-30(2)38-17-6-7-18-39(38)44-29-37(24-23-31(44)3)46-42-21-10-8-19-40(42)45(41-20-9-11-22-43(41)46)36-16-12-15-34(28-36)35-26-25-32-13-4-5-14-33(32)27-35/h4-5,7-16,18-30H,6,17H2,1-3H3. The van der Waals surface area contributed by atoms with Crippen LogP contribution in [0, 0.1) is 12.8 Å². The minimum absolute atomic E-state index is 0.536. The van der Waals surface area contributed by atoms with Crippen LogP contribution in [0.5, 0.6) is 0 Å². The number of benzene rings is 7. The number of hydrogen-bond donors (Lipinski definition) is 0. The van der Waals surface area contributed by atoms with Gasteiger partial charge in [0.1, 0.15) is 0 Å². The summed E-state index contributed by atoms with van der Waals surface area (Å²) in [6.45, 7) is 6.93. The van der Waals surface area contributed by atoms with Crippen LogP contribution < -0.4 is 0 Å². The average molecular weight is 591 g/mol. The van der Waals surface area contributed by atoms with Crippen molar-refractivity contribution in [3.8, 4) is 33.4 Å². The third-order valence-corrected chi connectivity index (χ3v) is 9.89. The highest BCUT2D eigenvalue weighted by molar-refractivity contribution is 6.21. The summed E-state index contributed by atoms with van der Waals surface area (Å²) in [7, 11) is 0. The molecule has 0 radical (unpaired) electrons. The van der Waals surface area contributed by atoms with Crippen molar-refractivity contribution in [2.45, 2.75) is 33.6 Å². The molecule has 1 aliphatic carbocycles. The Morgan fingerprint density at radius 1 is 0.500 bits per heavy atom. The molecule has 0 fully saturated rings. The SMILES string of the molecule is Cc1ccc(-c2c3ccccc3c(-c3cccc(-c4ccc5ccccc5c4)c3)c3ccccc23)cc1C1=C(C(C)C)CCC=C1. The van der Waals surface area contributed by atoms with Crippen LogP contribution in [0.15, 0.2) is 151 Å². The molecule has 0 amide bonds. The quantitative estimate of drug-likeness (QED) is 0.175. The summed E-state index contributed by atoms with van der Waals surface area (Å²) in [4.78, 5) is 0. The molecular weight excluding hydrogens is 553 g/mol. The molecule has 46 heavy (non-hydrogen) atoms. The number of fused-ring (bicyclic) bond motifs is 3. The van der Waals surface area contributed by atoms with Crippen molar-refractivity contribution in [3.63, 3.8) is 0 Å². The summed E-state index contributed by atoms with van der Waals surface area (Å²) in [5.41, 5.74) is 13.3. The lowest BCUT2D eigenvalue weighted by atomic mass is 9.82. The minimum atomic E-state index is 0.536. The second-order valence-corrected chi connectivity index (χ2v) is 13.0. The molecular formula is C46H38. The van der Waals surface area contributed by atoms with E-state index in [1.165, 1.54) is 82.4 Å². The molecule has 0 saturated heterocycles. The predicted octanol–water partition coefficient (Wildman–Crippen LogP) is 13.2. The van der Waals surface area contributed by atoms with Crippen LogP contribution in [0.25, 0.3) is 71.3 Å². The van der Waals surface area contributed by atoms with Crippen LogP contribution in [0.4, 0.5) is 0 Å². The molecule has 7 aromatic rings. The van der Waals surface area contributed by atoms with Gasteiger partial charge in [0, 0.05) is 0 Å². The third kappa shape index (κ3) is 4.86. The van der Waals surface area contributed by atoms with Gasteiger partial charge in [0.2, 0.25) is 0 Å². The number of allylic oxidation sites excluding steroid dienone is 4. The first kappa shape index (κ1) is 28.3. The van der Waals surface area contributed by atoms with Crippen LogP contribution >= 0.6 is 0 Å². The second-order valence-electron chi connectivity index (χ2n) is 13.0. The lowest BCUT2D eigenvalue weighted by molar-refractivity contribution is 0.714. The highest BCUT2D eigenvalue weighted by Gasteiger charge is 2.20. The molecule has 0 nitrogen and oxygen atoms in total. The Morgan fingerprint density at radius 2 is 1.07 bits per heavy atom. The van der Waals surface area contributed by atoms with Gasteiger partial charge in [-0.15, -0.1) is 0 Å². The zero-order chi connectivity index (χ0) is 31.2. The Hall–Kier alpha value is -5.20. The fourth-order valence-corrected chi connectivity index (χ4v) is 7.59. The van der Waals surface area contributed by atoms with Gasteiger partial charge in [-0.3, -0.25) is 0 Å². The van der Waals surface area contributed by atoms with E-state index in [0.717, 1.165) is 12.8 Å². The van der Waals surface area contributed by atoms with Gasteiger partial charge in [0.25, 0.3) is 0 Å². The summed E-state index contributed by atoms with van der Waals surface area (Å²) in [6, 6.07) is 49.6. The van der Waals surface area contributed by atoms with Crippen molar-refractivity contribution in [1.29, 1.82) is 0 Å². The Kier molecular flexibility index (Phi) is 7.15. The molecule has 7 aromatic carbocycles. The molecule has 1 aliphatic rings. The van der Waals surface area contributed by atoms with Crippen LogP contribution in [-0.2, 0) is 0 Å². The molecule has 222 valence electrons. The first-order valence-electron chi connectivity index (χ1n) is 16.6. The largest absolute Gasteiger partial charge is 0.0836 e. The highest BCUT2D eigenvalue weighted by atomic mass is 14.2. The van der Waals surface area contributed by atoms with Gasteiger partial charge >= 0.3 is 0 Å². The number of rotatable bonds is 5. The van der Waals surface area contributed by atoms with Gasteiger partial charge in [-0.05, 0) is 126 Å². The fourth-order valence-electron chi connectivity index (χ4n) is 7.59. The minimum Gasteiger partial charge on any atom is -0.0836 e. The van der Waals surface area contributed by atoms with Crippen LogP contribution in [0.1, 0.15) is 37.8 Å². The molecule has 0 N–H and O–H groups in total. The average Bonchev–Trinajstić information content (AvgIpc) is 3.10. The Labute approximate surface area is 272 Å². The van der Waals surface area contributed by atoms with E-state index in [9.17, 15) is 0 Å². The van der Waals surface area contributed by atoms with Crippen LogP contribution in [0.3, 0.4) is 0 Å². The molecule has 0 bridgehead atoms. The summed E-state index contributed by atoms with van der Waals surface area (Å²) in [6.07, 6.45) is 6.99. The van der Waals surface area contributed by atoms with E-state index >= 15 is 0 Å². The lowest BCUT2D eigenvalue weighted by Gasteiger charge is -2.22. The van der Waals surface area contributed by atoms with Crippen molar-refractivity contribution >= 4 is 37.9 Å². The van der Waals surface area contributed by atoms with E-state index in [1.807, 2.05) is 0 Å². The second kappa shape index (κ2) is 11.6. The number of hydrogen-bond acceptors (Lipinski definition) is 0. The maximum atomic E-state index is 2.46. The predicted molar refractivity (Wildman–Crippen MR) is 200 cm³/mol. The van der Waals surface area contributed by atoms with Crippen molar-refractivity contribution in [2.24, 2.45) is 5.92 Å². The van der Waals surface area contributed by atoms with Gasteiger partial charge < -0.3 is 0 Å². The molecule has 0 saturated carbocycles. The highest BCUT2D eigenvalue weighted by Crippen LogP contribution is 2.45. The lowest BCUT2D eigenvalue weighted by Crippen LogP contribution is -2.03. The van der Waals surface area contributed by atoms with E-state index in [4.69, 9.17) is 0 Å². The fraction of sp³-hybridized carbons (Fsp3) is 0.130. The maximum Gasteiger partial charge on any atom is -0.00262 e. The molecule has 0 spiro atoms. The Balaban J connectivity index is 1.35. The zero-order valence-corrected chi connectivity index (χ0v) is 26.8. The van der Waals surface area contributed by atoms with Gasteiger partial charge in [-0.2, -0.15) is 0 Å².